The number of methoxy groups -OCH3 is 1. The van der Waals surface area contributed by atoms with E-state index in [0.717, 1.165) is 12.8 Å². The SMILES string of the molecule is COCCNC(N)=NCC1CCCC(=O)N1. The molecule has 6 nitrogen and oxygen atoms in total. The van der Waals surface area contributed by atoms with Gasteiger partial charge < -0.3 is 21.1 Å². The van der Waals surface area contributed by atoms with Crippen molar-refractivity contribution >= 4 is 11.9 Å². The second-order valence-electron chi connectivity index (χ2n) is 3.80. The molecular formula is C10H20N4O2. The summed E-state index contributed by atoms with van der Waals surface area (Å²) in [5.74, 6) is 0.509. The number of nitrogens with two attached hydrogens (primary N) is 1. The summed E-state index contributed by atoms with van der Waals surface area (Å²) in [5, 5.41) is 5.81. The molecule has 1 aliphatic heterocycles. The molecule has 92 valence electrons. The summed E-state index contributed by atoms with van der Waals surface area (Å²) in [6, 6.07) is 0.129. The highest BCUT2D eigenvalue weighted by molar-refractivity contribution is 5.78. The molecule has 1 aliphatic rings. The zero-order chi connectivity index (χ0) is 11.8. The van der Waals surface area contributed by atoms with E-state index in [1.54, 1.807) is 7.11 Å². The molecule has 1 amide bonds. The van der Waals surface area contributed by atoms with E-state index >= 15 is 0 Å². The van der Waals surface area contributed by atoms with Crippen molar-refractivity contribution in [2.24, 2.45) is 10.7 Å². The number of rotatable bonds is 5. The fourth-order valence-electron chi connectivity index (χ4n) is 1.56. The predicted octanol–water partition coefficient (Wildman–Crippen LogP) is -0.794. The molecule has 1 rings (SSSR count). The largest absolute Gasteiger partial charge is 0.383 e. The topological polar surface area (TPSA) is 88.7 Å². The van der Waals surface area contributed by atoms with Crippen molar-refractivity contribution in [2.45, 2.75) is 25.3 Å². The third-order valence-electron chi connectivity index (χ3n) is 2.42. The van der Waals surface area contributed by atoms with Crippen LogP contribution in [0.5, 0.6) is 0 Å². The lowest BCUT2D eigenvalue weighted by Gasteiger charge is -2.21. The molecule has 4 N–H and O–H groups in total. The van der Waals surface area contributed by atoms with E-state index in [0.29, 0.717) is 32.1 Å². The molecule has 1 saturated heterocycles. The zero-order valence-electron chi connectivity index (χ0n) is 9.66. The molecule has 0 bridgehead atoms. The van der Waals surface area contributed by atoms with Crippen molar-refractivity contribution in [1.29, 1.82) is 0 Å². The molecule has 1 heterocycles. The Balaban J connectivity index is 2.20. The minimum absolute atomic E-state index is 0.109. The first-order chi connectivity index (χ1) is 7.72. The van der Waals surface area contributed by atoms with Gasteiger partial charge in [0.2, 0.25) is 5.91 Å². The molecule has 0 radical (unpaired) electrons. The van der Waals surface area contributed by atoms with Crippen LogP contribution in [0.2, 0.25) is 0 Å². The standard InChI is InChI=1S/C10H20N4O2/c1-16-6-5-12-10(11)13-7-8-3-2-4-9(15)14-8/h8H,2-7H2,1H3,(H,14,15)(H3,11,12,13). The maximum absolute atomic E-state index is 11.1. The van der Waals surface area contributed by atoms with Crippen molar-refractivity contribution in [2.75, 3.05) is 26.8 Å². The normalized spacial score (nSPS) is 21.7. The van der Waals surface area contributed by atoms with Gasteiger partial charge in [0.1, 0.15) is 0 Å². The number of carbonyl (C=O) groups is 1. The van der Waals surface area contributed by atoms with E-state index in [4.69, 9.17) is 10.5 Å². The maximum atomic E-state index is 11.1. The van der Waals surface area contributed by atoms with Crippen molar-refractivity contribution in [3.8, 4) is 0 Å². The lowest BCUT2D eigenvalue weighted by Crippen LogP contribution is -2.42. The van der Waals surface area contributed by atoms with Crippen LogP contribution in [0, 0.1) is 0 Å². The van der Waals surface area contributed by atoms with E-state index in [1.807, 2.05) is 0 Å². The third-order valence-corrected chi connectivity index (χ3v) is 2.42. The van der Waals surface area contributed by atoms with Gasteiger partial charge in [-0.1, -0.05) is 0 Å². The van der Waals surface area contributed by atoms with Crippen LogP contribution in [-0.2, 0) is 9.53 Å². The molecule has 1 atom stereocenters. The molecule has 1 unspecified atom stereocenters. The van der Waals surface area contributed by atoms with Gasteiger partial charge in [0.25, 0.3) is 0 Å². The fraction of sp³-hybridized carbons (Fsp3) is 0.800. The Labute approximate surface area is 95.6 Å². The molecule has 16 heavy (non-hydrogen) atoms. The van der Waals surface area contributed by atoms with Gasteiger partial charge in [0, 0.05) is 26.1 Å². The van der Waals surface area contributed by atoms with E-state index in [9.17, 15) is 4.79 Å². The molecule has 0 aliphatic carbocycles. The van der Waals surface area contributed by atoms with Crippen LogP contribution in [0.4, 0.5) is 0 Å². The number of carbonyl (C=O) groups excluding carboxylic acids is 1. The second kappa shape index (κ2) is 7.05. The average Bonchev–Trinajstić information content (AvgIpc) is 2.27. The number of nitrogens with zero attached hydrogens (tertiary/aromatic N) is 1. The van der Waals surface area contributed by atoms with Gasteiger partial charge in [0.15, 0.2) is 5.96 Å². The van der Waals surface area contributed by atoms with Crippen LogP contribution >= 0.6 is 0 Å². The molecule has 0 aromatic carbocycles. The predicted molar refractivity (Wildman–Crippen MR) is 62.1 cm³/mol. The maximum Gasteiger partial charge on any atom is 0.220 e. The van der Waals surface area contributed by atoms with Crippen LogP contribution in [0.25, 0.3) is 0 Å². The van der Waals surface area contributed by atoms with Gasteiger partial charge in [-0.3, -0.25) is 9.79 Å². The Morgan fingerprint density at radius 1 is 1.75 bits per heavy atom. The molecular weight excluding hydrogens is 208 g/mol. The van der Waals surface area contributed by atoms with Crippen LogP contribution in [0.3, 0.4) is 0 Å². The van der Waals surface area contributed by atoms with Crippen molar-refractivity contribution in [1.82, 2.24) is 10.6 Å². The molecule has 0 spiro atoms. The monoisotopic (exact) mass is 228 g/mol. The highest BCUT2D eigenvalue weighted by Crippen LogP contribution is 2.07. The highest BCUT2D eigenvalue weighted by atomic mass is 16.5. The summed E-state index contributed by atoms with van der Waals surface area (Å²) in [5.41, 5.74) is 5.64. The Morgan fingerprint density at radius 2 is 2.56 bits per heavy atom. The molecule has 1 fully saturated rings. The molecule has 0 saturated carbocycles. The van der Waals surface area contributed by atoms with Crippen LogP contribution < -0.4 is 16.4 Å². The highest BCUT2D eigenvalue weighted by Gasteiger charge is 2.17. The number of piperidine rings is 1. The number of ether oxygens (including phenoxy) is 1. The van der Waals surface area contributed by atoms with Gasteiger partial charge in [0.05, 0.1) is 13.2 Å². The first-order valence-corrected chi connectivity index (χ1v) is 5.54. The number of nitrogens with one attached hydrogen (secondary N) is 2. The minimum Gasteiger partial charge on any atom is -0.383 e. The fourth-order valence-corrected chi connectivity index (χ4v) is 1.56. The summed E-state index contributed by atoms with van der Waals surface area (Å²) < 4.78 is 4.87. The van der Waals surface area contributed by atoms with Crippen LogP contribution in [-0.4, -0.2) is 44.7 Å². The summed E-state index contributed by atoms with van der Waals surface area (Å²) >= 11 is 0. The third kappa shape index (κ3) is 4.97. The van der Waals surface area contributed by atoms with E-state index in [-0.39, 0.29) is 11.9 Å². The van der Waals surface area contributed by atoms with Crippen molar-refractivity contribution in [3.63, 3.8) is 0 Å². The van der Waals surface area contributed by atoms with Gasteiger partial charge in [-0.25, -0.2) is 0 Å². The molecule has 0 aromatic heterocycles. The number of aliphatic imine (C=N–C) groups is 1. The minimum atomic E-state index is 0.109. The second-order valence-corrected chi connectivity index (χ2v) is 3.80. The zero-order valence-corrected chi connectivity index (χ0v) is 9.66. The smallest absolute Gasteiger partial charge is 0.220 e. The van der Waals surface area contributed by atoms with Gasteiger partial charge in [-0.2, -0.15) is 0 Å². The van der Waals surface area contributed by atoms with Crippen molar-refractivity contribution < 1.29 is 9.53 Å². The number of hydrogen-bond acceptors (Lipinski definition) is 3. The number of hydrogen-bond donors (Lipinski definition) is 3. The summed E-state index contributed by atoms with van der Waals surface area (Å²) in [6.07, 6.45) is 2.53. The Hall–Kier alpha value is -1.30. The molecule has 6 heteroatoms. The summed E-state index contributed by atoms with van der Waals surface area (Å²) in [4.78, 5) is 15.3. The van der Waals surface area contributed by atoms with E-state index in [2.05, 4.69) is 15.6 Å². The summed E-state index contributed by atoms with van der Waals surface area (Å²) in [6.45, 7) is 1.77. The Bertz CT molecular complexity index is 255. The number of amides is 1. The van der Waals surface area contributed by atoms with Crippen LogP contribution in [0.1, 0.15) is 19.3 Å². The summed E-state index contributed by atoms with van der Waals surface area (Å²) in [7, 11) is 1.63. The first-order valence-electron chi connectivity index (χ1n) is 5.54. The number of guanidine groups is 1. The average molecular weight is 228 g/mol. The Morgan fingerprint density at radius 3 is 3.25 bits per heavy atom. The van der Waals surface area contributed by atoms with E-state index in [1.165, 1.54) is 0 Å². The van der Waals surface area contributed by atoms with E-state index < -0.39 is 0 Å². The van der Waals surface area contributed by atoms with Gasteiger partial charge in [-0.05, 0) is 12.8 Å². The van der Waals surface area contributed by atoms with Crippen LogP contribution in [0.15, 0.2) is 4.99 Å². The Kier molecular flexibility index (Phi) is 5.63. The lowest BCUT2D eigenvalue weighted by molar-refractivity contribution is -0.123. The quantitative estimate of drug-likeness (QED) is 0.327. The first kappa shape index (κ1) is 12.8. The van der Waals surface area contributed by atoms with Gasteiger partial charge >= 0.3 is 0 Å². The molecule has 0 aromatic rings. The van der Waals surface area contributed by atoms with Crippen molar-refractivity contribution in [3.05, 3.63) is 0 Å². The van der Waals surface area contributed by atoms with Gasteiger partial charge in [-0.15, -0.1) is 0 Å². The lowest BCUT2D eigenvalue weighted by atomic mass is 10.0.